The fourth-order valence-electron chi connectivity index (χ4n) is 2.71. The Morgan fingerprint density at radius 1 is 1.20 bits per heavy atom. The Hall–Kier alpha value is -0.0400. The van der Waals surface area contributed by atoms with Crippen molar-refractivity contribution in [2.45, 2.75) is 57.9 Å². The van der Waals surface area contributed by atoms with Gasteiger partial charge in [0.05, 0.1) is 6.61 Å². The third-order valence-electron chi connectivity index (χ3n) is 3.81. The van der Waals surface area contributed by atoms with E-state index < -0.39 is 0 Å². The summed E-state index contributed by atoms with van der Waals surface area (Å²) in [6.45, 7) is 3.84. The lowest BCUT2D eigenvalue weighted by Crippen LogP contribution is -2.45. The van der Waals surface area contributed by atoms with Crippen LogP contribution in [0.1, 0.15) is 51.9 Å². The van der Waals surface area contributed by atoms with E-state index in [4.69, 9.17) is 4.74 Å². The Morgan fingerprint density at radius 3 is 2.35 bits per heavy atom. The summed E-state index contributed by atoms with van der Waals surface area (Å²) < 4.78 is 5.13. The third-order valence-corrected chi connectivity index (χ3v) is 3.81. The second-order valence-corrected chi connectivity index (χ2v) is 5.66. The highest BCUT2D eigenvalue weighted by Crippen LogP contribution is 2.21. The summed E-state index contributed by atoms with van der Waals surface area (Å²) in [7, 11) is 3.55. The van der Waals surface area contributed by atoms with Gasteiger partial charge in [-0.1, -0.05) is 32.1 Å². The van der Waals surface area contributed by atoms with Crippen molar-refractivity contribution in [3.05, 3.63) is 0 Å². The van der Waals surface area contributed by atoms with Crippen LogP contribution in [0, 0.1) is 5.92 Å². The number of rotatable bonds is 5. The molecule has 0 bridgehead atoms. The molecule has 20 heavy (non-hydrogen) atoms. The summed E-state index contributed by atoms with van der Waals surface area (Å²) in [6, 6.07) is 0.286. The molecule has 1 rings (SSSR count). The fraction of sp³-hybridized carbons (Fsp3) is 0.933. The van der Waals surface area contributed by atoms with Crippen LogP contribution in [0.5, 0.6) is 0 Å². The van der Waals surface area contributed by atoms with Crippen LogP contribution in [0.3, 0.4) is 0 Å². The molecule has 1 fully saturated rings. The van der Waals surface area contributed by atoms with Crippen LogP contribution in [-0.2, 0) is 4.74 Å². The number of hydrogen-bond donors (Lipinski definition) is 2. The summed E-state index contributed by atoms with van der Waals surface area (Å²) in [6.07, 6.45) is 9.74. The summed E-state index contributed by atoms with van der Waals surface area (Å²) in [5, 5.41) is 6.81. The Bertz CT molecular complexity index is 254. The lowest BCUT2D eigenvalue weighted by Gasteiger charge is -2.22. The summed E-state index contributed by atoms with van der Waals surface area (Å²) in [5.41, 5.74) is 0. The minimum Gasteiger partial charge on any atom is -0.383 e. The molecule has 0 aromatic heterocycles. The van der Waals surface area contributed by atoms with Crippen LogP contribution in [0.15, 0.2) is 4.99 Å². The molecule has 4 nitrogen and oxygen atoms in total. The maximum Gasteiger partial charge on any atom is 0.191 e. The average Bonchev–Trinajstić information content (AvgIpc) is 2.36. The van der Waals surface area contributed by atoms with Gasteiger partial charge in [-0.05, 0) is 25.7 Å². The molecule has 1 unspecified atom stereocenters. The van der Waals surface area contributed by atoms with Gasteiger partial charge in [-0.2, -0.15) is 0 Å². The summed E-state index contributed by atoms with van der Waals surface area (Å²) in [4.78, 5) is 4.28. The first-order valence-corrected chi connectivity index (χ1v) is 7.72. The van der Waals surface area contributed by atoms with E-state index in [-0.39, 0.29) is 30.0 Å². The van der Waals surface area contributed by atoms with Crippen molar-refractivity contribution in [1.29, 1.82) is 0 Å². The van der Waals surface area contributed by atoms with Gasteiger partial charge in [0.15, 0.2) is 5.96 Å². The van der Waals surface area contributed by atoms with Crippen molar-refractivity contribution in [2.75, 3.05) is 27.3 Å². The number of ether oxygens (including phenoxy) is 1. The molecule has 0 aromatic carbocycles. The van der Waals surface area contributed by atoms with Gasteiger partial charge in [0.1, 0.15) is 0 Å². The molecule has 0 spiro atoms. The van der Waals surface area contributed by atoms with E-state index in [2.05, 4.69) is 22.5 Å². The average molecular weight is 397 g/mol. The van der Waals surface area contributed by atoms with Gasteiger partial charge >= 0.3 is 0 Å². The normalized spacial score (nSPS) is 19.4. The number of hydrogen-bond acceptors (Lipinski definition) is 2. The molecule has 1 aliphatic rings. The monoisotopic (exact) mass is 397 g/mol. The first-order valence-electron chi connectivity index (χ1n) is 7.72. The second kappa shape index (κ2) is 12.7. The van der Waals surface area contributed by atoms with Crippen molar-refractivity contribution in [1.82, 2.24) is 10.6 Å². The van der Waals surface area contributed by atoms with E-state index in [9.17, 15) is 0 Å². The molecule has 1 saturated carbocycles. The summed E-state index contributed by atoms with van der Waals surface area (Å²) in [5.74, 6) is 1.70. The zero-order valence-electron chi connectivity index (χ0n) is 13.3. The molecule has 1 atom stereocenters. The van der Waals surface area contributed by atoms with Gasteiger partial charge in [0.2, 0.25) is 0 Å². The quantitative estimate of drug-likeness (QED) is 0.426. The van der Waals surface area contributed by atoms with Gasteiger partial charge in [0, 0.05) is 26.7 Å². The van der Waals surface area contributed by atoms with Crippen LogP contribution in [0.25, 0.3) is 0 Å². The molecule has 0 aromatic rings. The smallest absolute Gasteiger partial charge is 0.191 e. The molecule has 0 aliphatic heterocycles. The molecule has 0 radical (unpaired) electrons. The predicted molar refractivity (Wildman–Crippen MR) is 97.1 cm³/mol. The topological polar surface area (TPSA) is 45.7 Å². The third kappa shape index (κ3) is 9.00. The van der Waals surface area contributed by atoms with E-state index in [0.717, 1.165) is 18.4 Å². The van der Waals surface area contributed by atoms with Crippen molar-refractivity contribution in [2.24, 2.45) is 10.9 Å². The highest BCUT2D eigenvalue weighted by atomic mass is 127. The highest BCUT2D eigenvalue weighted by Gasteiger charge is 2.12. The van der Waals surface area contributed by atoms with Crippen molar-refractivity contribution >= 4 is 29.9 Å². The Kier molecular flexibility index (Phi) is 12.7. The van der Waals surface area contributed by atoms with E-state index in [0.29, 0.717) is 6.61 Å². The van der Waals surface area contributed by atoms with Gasteiger partial charge < -0.3 is 15.4 Å². The van der Waals surface area contributed by atoms with Gasteiger partial charge in [-0.15, -0.1) is 24.0 Å². The molecular formula is C15H32IN3O. The van der Waals surface area contributed by atoms with E-state index in [1.807, 2.05) is 7.05 Å². The first kappa shape index (κ1) is 20.0. The number of halogens is 1. The van der Waals surface area contributed by atoms with Gasteiger partial charge in [-0.3, -0.25) is 4.99 Å². The Labute approximate surface area is 141 Å². The lowest BCUT2D eigenvalue weighted by molar-refractivity contribution is 0.179. The number of methoxy groups -OCH3 is 1. The predicted octanol–water partition coefficient (Wildman–Crippen LogP) is 3.16. The minimum atomic E-state index is 0. The van der Waals surface area contributed by atoms with Crippen LogP contribution in [-0.4, -0.2) is 39.3 Å². The maximum absolute atomic E-state index is 5.13. The Morgan fingerprint density at radius 2 is 1.80 bits per heavy atom. The van der Waals surface area contributed by atoms with Crippen LogP contribution >= 0.6 is 24.0 Å². The molecular weight excluding hydrogens is 365 g/mol. The van der Waals surface area contributed by atoms with Crippen molar-refractivity contribution < 1.29 is 4.74 Å². The molecule has 5 heteroatoms. The summed E-state index contributed by atoms with van der Waals surface area (Å²) >= 11 is 0. The SMILES string of the molecule is CN=C(NCC1CCCCCCC1)NC(C)COC.I. The van der Waals surface area contributed by atoms with Crippen molar-refractivity contribution in [3.8, 4) is 0 Å². The molecule has 2 N–H and O–H groups in total. The van der Waals surface area contributed by atoms with E-state index in [1.165, 1.54) is 44.9 Å². The number of nitrogens with zero attached hydrogens (tertiary/aromatic N) is 1. The second-order valence-electron chi connectivity index (χ2n) is 5.66. The number of nitrogens with one attached hydrogen (secondary N) is 2. The van der Waals surface area contributed by atoms with Gasteiger partial charge in [-0.25, -0.2) is 0 Å². The van der Waals surface area contributed by atoms with E-state index in [1.54, 1.807) is 7.11 Å². The van der Waals surface area contributed by atoms with Crippen LogP contribution in [0.2, 0.25) is 0 Å². The van der Waals surface area contributed by atoms with Crippen LogP contribution in [0.4, 0.5) is 0 Å². The number of aliphatic imine (C=N–C) groups is 1. The first-order chi connectivity index (χ1) is 9.26. The molecule has 0 amide bonds. The highest BCUT2D eigenvalue weighted by molar-refractivity contribution is 14.0. The molecule has 120 valence electrons. The molecule has 1 aliphatic carbocycles. The maximum atomic E-state index is 5.13. The lowest BCUT2D eigenvalue weighted by atomic mass is 9.91. The number of guanidine groups is 1. The standard InChI is InChI=1S/C15H31N3O.HI/c1-13(12-19-3)18-15(16-2)17-11-14-9-7-5-4-6-8-10-14;/h13-14H,4-12H2,1-3H3,(H2,16,17,18);1H. The fourth-order valence-corrected chi connectivity index (χ4v) is 2.71. The molecule has 0 saturated heterocycles. The molecule has 0 heterocycles. The van der Waals surface area contributed by atoms with E-state index >= 15 is 0 Å². The van der Waals surface area contributed by atoms with Crippen molar-refractivity contribution in [3.63, 3.8) is 0 Å². The zero-order valence-corrected chi connectivity index (χ0v) is 15.6. The largest absolute Gasteiger partial charge is 0.383 e. The van der Waals surface area contributed by atoms with Gasteiger partial charge in [0.25, 0.3) is 0 Å². The Balaban J connectivity index is 0.00000361. The minimum absolute atomic E-state index is 0. The zero-order chi connectivity index (χ0) is 13.9. The van der Waals surface area contributed by atoms with Crippen LogP contribution < -0.4 is 10.6 Å².